The Balaban J connectivity index is 1.52. The molecule has 0 aliphatic carbocycles. The highest BCUT2D eigenvalue weighted by molar-refractivity contribution is 7.91. The van der Waals surface area contributed by atoms with Gasteiger partial charge in [-0.25, -0.2) is 13.4 Å². The van der Waals surface area contributed by atoms with Crippen molar-refractivity contribution in [3.05, 3.63) is 114 Å². The van der Waals surface area contributed by atoms with Gasteiger partial charge in [-0.2, -0.15) is 8.42 Å². The van der Waals surface area contributed by atoms with Crippen LogP contribution in [0, 0.1) is 0 Å². The molecule has 13 heteroatoms. The maximum Gasteiger partial charge on any atom is 0.408 e. The lowest BCUT2D eigenvalue weighted by Crippen LogP contribution is -2.55. The molecule has 1 heterocycles. The zero-order valence-corrected chi connectivity index (χ0v) is 29.8. The molecule has 3 aromatic rings. The van der Waals surface area contributed by atoms with Crippen LogP contribution in [0.1, 0.15) is 63.6 Å². The summed E-state index contributed by atoms with van der Waals surface area (Å²) < 4.78 is 34.1. The number of aliphatic hydroxyl groups is 1. The fourth-order valence-electron chi connectivity index (χ4n) is 5.29. The summed E-state index contributed by atoms with van der Waals surface area (Å²) in [5, 5.41) is 18.9. The first-order valence-corrected chi connectivity index (χ1v) is 18.1. The molecule has 4 rings (SSSR count). The number of nitrogens with one attached hydrogen (secondary N) is 3. The Kier molecular flexibility index (Phi) is 12.9. The molecule has 1 aliphatic rings. The van der Waals surface area contributed by atoms with Crippen molar-refractivity contribution in [3.8, 4) is 0 Å². The summed E-state index contributed by atoms with van der Waals surface area (Å²) >= 11 is 0. The Labute approximate surface area is 294 Å². The number of benzene rings is 3. The number of unbranched alkanes of at least 4 members (excludes halogenated alkanes) is 2. The van der Waals surface area contributed by atoms with Gasteiger partial charge in [0.2, 0.25) is 17.7 Å². The molecule has 0 aromatic heterocycles. The normalized spacial score (nSPS) is 15.1. The lowest BCUT2D eigenvalue weighted by Gasteiger charge is -2.25. The van der Waals surface area contributed by atoms with Crippen LogP contribution in [-0.4, -0.2) is 60.0 Å². The molecular weight excluding hydrogens is 659 g/mol. The van der Waals surface area contributed by atoms with E-state index in [2.05, 4.69) is 22.9 Å². The van der Waals surface area contributed by atoms with E-state index >= 15 is 0 Å². The summed E-state index contributed by atoms with van der Waals surface area (Å²) in [5.74, 6) is -1.36. The van der Waals surface area contributed by atoms with Crippen molar-refractivity contribution in [2.75, 3.05) is 10.8 Å². The molecule has 0 fully saturated rings. The number of anilines is 1. The molecule has 12 nitrogen and oxygen atoms in total. The second-order valence-corrected chi connectivity index (χ2v) is 14.8. The van der Waals surface area contributed by atoms with E-state index < -0.39 is 45.8 Å². The fraction of sp³-hybridized carbons (Fsp3) is 0.378. The average molecular weight is 706 g/mol. The number of carbonyl (C=O) groups is 3. The summed E-state index contributed by atoms with van der Waals surface area (Å²) in [7, 11) is -4.11. The van der Waals surface area contributed by atoms with Gasteiger partial charge in [-0.05, 0) is 56.0 Å². The maximum absolute atomic E-state index is 13.8. The zero-order chi connectivity index (χ0) is 36.3. The predicted molar refractivity (Wildman–Crippen MR) is 192 cm³/mol. The second kappa shape index (κ2) is 17.1. The van der Waals surface area contributed by atoms with Gasteiger partial charge in [0.15, 0.2) is 0 Å². The van der Waals surface area contributed by atoms with Crippen LogP contribution in [0.25, 0.3) is 0 Å². The molecule has 0 unspecified atom stereocenters. The van der Waals surface area contributed by atoms with Crippen LogP contribution in [-0.2, 0) is 43.9 Å². The minimum absolute atomic E-state index is 0.0388. The Morgan fingerprint density at radius 2 is 1.34 bits per heavy atom. The number of amides is 3. The zero-order valence-electron chi connectivity index (χ0n) is 29.0. The summed E-state index contributed by atoms with van der Waals surface area (Å²) in [6, 6.07) is 22.6. The van der Waals surface area contributed by atoms with Gasteiger partial charge in [-0.1, -0.05) is 92.6 Å². The topological polar surface area (TPSA) is 157 Å². The first-order chi connectivity index (χ1) is 23.8. The highest BCUT2D eigenvalue weighted by Crippen LogP contribution is 2.31. The Bertz CT molecular complexity index is 1730. The van der Waals surface area contributed by atoms with E-state index in [1.54, 1.807) is 69.3 Å². The monoisotopic (exact) mass is 705 g/mol. The van der Waals surface area contributed by atoms with E-state index in [0.29, 0.717) is 17.7 Å². The molecule has 3 amide bonds. The second-order valence-electron chi connectivity index (χ2n) is 13.1. The number of aliphatic hydroxyl groups excluding tert-OH is 1. The Morgan fingerprint density at radius 3 is 1.92 bits per heavy atom. The molecule has 3 aromatic carbocycles. The Hall–Kier alpha value is -5.04. The van der Waals surface area contributed by atoms with Crippen LogP contribution < -0.4 is 20.3 Å². The lowest BCUT2D eigenvalue weighted by atomic mass is 10.0. The van der Waals surface area contributed by atoms with E-state index in [4.69, 9.17) is 4.74 Å². The third kappa shape index (κ3) is 10.7. The van der Waals surface area contributed by atoms with Crippen molar-refractivity contribution < 1.29 is 32.6 Å². The number of hydrogen-bond acceptors (Lipinski definition) is 7. The van der Waals surface area contributed by atoms with Crippen LogP contribution in [0.15, 0.2) is 97.0 Å². The quantitative estimate of drug-likeness (QED) is 0.161. The van der Waals surface area contributed by atoms with Gasteiger partial charge in [0.05, 0.1) is 18.4 Å². The molecular formula is C37H47N5O7S. The molecule has 1 aliphatic heterocycles. The van der Waals surface area contributed by atoms with E-state index in [-0.39, 0.29) is 31.0 Å². The maximum atomic E-state index is 13.8. The number of rotatable bonds is 15. The number of nitrogens with zero attached hydrogens (tertiary/aromatic N) is 2. The summed E-state index contributed by atoms with van der Waals surface area (Å²) in [6.45, 7) is 7.63. The molecule has 50 heavy (non-hydrogen) atoms. The number of carbonyl (C=O) groups excluding carboxylic acids is 3. The van der Waals surface area contributed by atoms with Crippen LogP contribution in [0.3, 0.4) is 0 Å². The summed E-state index contributed by atoms with van der Waals surface area (Å²) in [6.07, 6.45) is 3.32. The predicted octanol–water partition coefficient (Wildman–Crippen LogP) is 5.08. The van der Waals surface area contributed by atoms with Gasteiger partial charge < -0.3 is 25.8 Å². The van der Waals surface area contributed by atoms with E-state index in [1.807, 2.05) is 36.4 Å². The first-order valence-electron chi connectivity index (χ1n) is 16.7. The van der Waals surface area contributed by atoms with Gasteiger partial charge in [0.1, 0.15) is 17.7 Å². The van der Waals surface area contributed by atoms with Gasteiger partial charge in [-0.15, -0.1) is 0 Å². The molecule has 0 saturated carbocycles. The van der Waals surface area contributed by atoms with Crippen LogP contribution in [0.4, 0.5) is 10.5 Å². The SMILES string of the molecule is CCCCCNC(=O)[C@H](Cc1ccc(N2C=C(O)N(Cc3ccccc3)S2(=O)=O)cc1)NC(=O)[C@H](Cc1ccccc1)NC(=O)OC(C)(C)C. The lowest BCUT2D eigenvalue weighted by molar-refractivity contribution is -0.130. The highest BCUT2D eigenvalue weighted by Gasteiger charge is 2.38. The van der Waals surface area contributed by atoms with E-state index in [1.165, 1.54) is 0 Å². The van der Waals surface area contributed by atoms with Crippen molar-refractivity contribution in [2.45, 2.75) is 84.0 Å². The van der Waals surface area contributed by atoms with Crippen LogP contribution in [0.2, 0.25) is 0 Å². The molecule has 0 radical (unpaired) electrons. The van der Waals surface area contributed by atoms with Crippen molar-refractivity contribution in [1.82, 2.24) is 20.3 Å². The number of hydrogen-bond donors (Lipinski definition) is 4. The smallest absolute Gasteiger partial charge is 0.408 e. The molecule has 0 saturated heterocycles. The van der Waals surface area contributed by atoms with Gasteiger partial charge in [0, 0.05) is 19.4 Å². The largest absolute Gasteiger partial charge is 0.493 e. The average Bonchev–Trinajstić information content (AvgIpc) is 3.29. The van der Waals surface area contributed by atoms with Gasteiger partial charge in [0.25, 0.3) is 0 Å². The standard InChI is InChI=1S/C37H47N5O7S/c1-5-6-13-22-38-34(44)31(39-35(45)32(23-27-14-9-7-10-15-27)40-36(46)49-37(2,3)4)24-28-18-20-30(21-19-28)41-26-33(43)42(50(41,47)48)25-29-16-11-8-12-17-29/h7-12,14-21,26,31-32,43H,5-6,13,22-25H2,1-4H3,(H,38,44)(H,39,45)(H,40,46)/t31-,32-/m0/s1. The molecule has 0 spiro atoms. The van der Waals surface area contributed by atoms with Crippen molar-refractivity contribution in [1.29, 1.82) is 0 Å². The minimum atomic E-state index is -4.11. The minimum Gasteiger partial charge on any atom is -0.493 e. The third-order valence-electron chi connectivity index (χ3n) is 7.82. The van der Waals surface area contributed by atoms with Gasteiger partial charge >= 0.3 is 16.3 Å². The number of alkyl carbamates (subject to hydrolysis) is 1. The van der Waals surface area contributed by atoms with Crippen LogP contribution >= 0.6 is 0 Å². The van der Waals surface area contributed by atoms with Crippen molar-refractivity contribution >= 4 is 33.8 Å². The highest BCUT2D eigenvalue weighted by atomic mass is 32.2. The fourth-order valence-corrected chi connectivity index (χ4v) is 6.72. The van der Waals surface area contributed by atoms with Crippen molar-refractivity contribution in [3.63, 3.8) is 0 Å². The van der Waals surface area contributed by atoms with Gasteiger partial charge in [-0.3, -0.25) is 9.59 Å². The summed E-state index contributed by atoms with van der Waals surface area (Å²) in [5.41, 5.74) is 1.66. The summed E-state index contributed by atoms with van der Waals surface area (Å²) in [4.78, 5) is 39.9. The third-order valence-corrected chi connectivity index (χ3v) is 9.50. The van der Waals surface area contributed by atoms with E-state index in [9.17, 15) is 27.9 Å². The molecule has 2 atom stereocenters. The molecule has 268 valence electrons. The van der Waals surface area contributed by atoms with E-state index in [0.717, 1.165) is 39.6 Å². The number of ether oxygens (including phenoxy) is 1. The first kappa shape index (κ1) is 37.8. The molecule has 0 bridgehead atoms. The van der Waals surface area contributed by atoms with Crippen LogP contribution in [0.5, 0.6) is 0 Å². The Morgan fingerprint density at radius 1 is 0.780 bits per heavy atom. The molecule has 4 N–H and O–H groups in total. The van der Waals surface area contributed by atoms with Crippen molar-refractivity contribution in [2.24, 2.45) is 0 Å².